The van der Waals surface area contributed by atoms with Gasteiger partial charge in [0.15, 0.2) is 5.13 Å². The van der Waals surface area contributed by atoms with Crippen LogP contribution in [-0.2, 0) is 23.1 Å². The molecule has 4 nitrogen and oxygen atoms in total. The number of carbonyl (C=O) groups is 1. The van der Waals surface area contributed by atoms with Gasteiger partial charge in [0.2, 0.25) is 5.91 Å². The number of nitrogens with zero attached hydrogens (tertiary/aromatic N) is 3. The van der Waals surface area contributed by atoms with Gasteiger partial charge in [-0.1, -0.05) is 11.6 Å². The number of thiazole rings is 1. The molecule has 1 aromatic carbocycles. The molecule has 3 heterocycles. The van der Waals surface area contributed by atoms with Crippen LogP contribution in [0.4, 0.5) is 10.8 Å². The van der Waals surface area contributed by atoms with Crippen molar-refractivity contribution in [1.82, 2.24) is 9.88 Å². The van der Waals surface area contributed by atoms with Crippen LogP contribution in [-0.4, -0.2) is 35.4 Å². The molecule has 0 saturated carbocycles. The molecular weight excluding hydrogens is 366 g/mol. The van der Waals surface area contributed by atoms with E-state index < -0.39 is 0 Å². The Balaban J connectivity index is 1.57. The molecule has 2 aromatic rings. The fraction of sp³-hybridized carbons (Fsp3) is 0.500. The van der Waals surface area contributed by atoms with E-state index in [4.69, 9.17) is 16.6 Å². The van der Waals surface area contributed by atoms with E-state index >= 15 is 0 Å². The number of likely N-dealkylation sites (tertiary alicyclic amines) is 1. The van der Waals surface area contributed by atoms with Crippen molar-refractivity contribution < 1.29 is 4.79 Å². The summed E-state index contributed by atoms with van der Waals surface area (Å²) in [6, 6.07) is 6.20. The number of anilines is 2. The van der Waals surface area contributed by atoms with Crippen LogP contribution >= 0.6 is 22.9 Å². The van der Waals surface area contributed by atoms with E-state index in [0.29, 0.717) is 0 Å². The summed E-state index contributed by atoms with van der Waals surface area (Å²) < 4.78 is 0. The van der Waals surface area contributed by atoms with Gasteiger partial charge in [-0.05, 0) is 55.9 Å². The van der Waals surface area contributed by atoms with E-state index in [1.54, 1.807) is 6.92 Å². The lowest BCUT2D eigenvalue weighted by molar-refractivity contribution is -0.127. The topological polar surface area (TPSA) is 36.4 Å². The van der Waals surface area contributed by atoms with Gasteiger partial charge in [-0.2, -0.15) is 0 Å². The molecule has 136 valence electrons. The molecule has 1 spiro atoms. The van der Waals surface area contributed by atoms with Crippen molar-refractivity contribution in [3.05, 3.63) is 39.4 Å². The number of hydrogen-bond donors (Lipinski definition) is 0. The second kappa shape index (κ2) is 5.96. The Morgan fingerprint density at radius 1 is 1.27 bits per heavy atom. The van der Waals surface area contributed by atoms with Crippen LogP contribution in [0.15, 0.2) is 18.2 Å². The molecular formula is C20H22ClN3OS. The SMILES string of the molecule is CC(=O)N1CCC2(C1)CN(c1nc3c(s1)CCCC3)c1ccc(Cl)cc12. The number of amides is 1. The van der Waals surface area contributed by atoms with Gasteiger partial charge < -0.3 is 9.80 Å². The van der Waals surface area contributed by atoms with Crippen molar-refractivity contribution in [2.24, 2.45) is 0 Å². The molecule has 1 fully saturated rings. The minimum Gasteiger partial charge on any atom is -0.342 e. The maximum Gasteiger partial charge on any atom is 0.219 e. The molecule has 26 heavy (non-hydrogen) atoms. The first-order chi connectivity index (χ1) is 12.6. The zero-order valence-electron chi connectivity index (χ0n) is 14.9. The molecule has 1 aromatic heterocycles. The normalized spacial score (nSPS) is 24.2. The highest BCUT2D eigenvalue weighted by molar-refractivity contribution is 7.15. The monoisotopic (exact) mass is 387 g/mol. The van der Waals surface area contributed by atoms with Gasteiger partial charge in [0.1, 0.15) is 0 Å². The van der Waals surface area contributed by atoms with Crippen molar-refractivity contribution in [3.8, 4) is 0 Å². The summed E-state index contributed by atoms with van der Waals surface area (Å²) >= 11 is 8.20. The van der Waals surface area contributed by atoms with E-state index in [9.17, 15) is 4.79 Å². The molecule has 3 aliphatic rings. The zero-order valence-corrected chi connectivity index (χ0v) is 16.5. The Bertz CT molecular complexity index is 872. The number of aryl methyl sites for hydroxylation is 2. The number of hydrogen-bond acceptors (Lipinski definition) is 4. The van der Waals surface area contributed by atoms with Crippen molar-refractivity contribution in [2.45, 2.75) is 44.4 Å². The first-order valence-electron chi connectivity index (χ1n) is 9.37. The average molecular weight is 388 g/mol. The number of halogens is 1. The highest BCUT2D eigenvalue weighted by atomic mass is 35.5. The largest absolute Gasteiger partial charge is 0.342 e. The second-order valence-electron chi connectivity index (χ2n) is 7.79. The molecule has 6 heteroatoms. The van der Waals surface area contributed by atoms with Gasteiger partial charge in [-0.25, -0.2) is 4.98 Å². The van der Waals surface area contributed by atoms with E-state index in [2.05, 4.69) is 17.0 Å². The lowest BCUT2D eigenvalue weighted by atomic mass is 9.81. The predicted molar refractivity (Wildman–Crippen MR) is 106 cm³/mol. The predicted octanol–water partition coefficient (Wildman–Crippen LogP) is 4.32. The number of fused-ring (bicyclic) bond motifs is 3. The quantitative estimate of drug-likeness (QED) is 0.731. The van der Waals surface area contributed by atoms with Gasteiger partial charge in [0.05, 0.1) is 5.69 Å². The Morgan fingerprint density at radius 2 is 2.12 bits per heavy atom. The van der Waals surface area contributed by atoms with Gasteiger partial charge in [-0.3, -0.25) is 4.79 Å². The Morgan fingerprint density at radius 3 is 2.88 bits per heavy atom. The summed E-state index contributed by atoms with van der Waals surface area (Å²) in [5.74, 6) is 0.161. The summed E-state index contributed by atoms with van der Waals surface area (Å²) in [5, 5.41) is 1.88. The Labute approximate surface area is 162 Å². The third-order valence-corrected chi connectivity index (χ3v) is 7.56. The smallest absolute Gasteiger partial charge is 0.219 e. The Hall–Kier alpha value is -1.59. The molecule has 5 rings (SSSR count). The van der Waals surface area contributed by atoms with Gasteiger partial charge in [0, 0.05) is 47.6 Å². The molecule has 1 atom stereocenters. The van der Waals surface area contributed by atoms with E-state index in [1.165, 1.54) is 34.7 Å². The van der Waals surface area contributed by atoms with Crippen LogP contribution in [0.2, 0.25) is 5.02 Å². The maximum absolute atomic E-state index is 11.9. The third-order valence-electron chi connectivity index (χ3n) is 6.15. The van der Waals surface area contributed by atoms with Gasteiger partial charge >= 0.3 is 0 Å². The first-order valence-corrected chi connectivity index (χ1v) is 10.6. The number of benzene rings is 1. The molecule has 1 unspecified atom stereocenters. The van der Waals surface area contributed by atoms with Crippen molar-refractivity contribution in [3.63, 3.8) is 0 Å². The van der Waals surface area contributed by atoms with Crippen molar-refractivity contribution >= 4 is 39.7 Å². The fourth-order valence-corrected chi connectivity index (χ4v) is 6.09. The number of carbonyl (C=O) groups excluding carboxylic acids is 1. The van der Waals surface area contributed by atoms with Crippen molar-refractivity contribution in [2.75, 3.05) is 24.5 Å². The summed E-state index contributed by atoms with van der Waals surface area (Å²) in [4.78, 5) is 22.7. The lowest BCUT2D eigenvalue weighted by Gasteiger charge is -2.25. The maximum atomic E-state index is 11.9. The number of aromatic nitrogens is 1. The van der Waals surface area contributed by atoms with Crippen LogP contribution in [0, 0.1) is 0 Å². The minimum atomic E-state index is -0.0297. The summed E-state index contributed by atoms with van der Waals surface area (Å²) in [6.45, 7) is 4.15. The highest BCUT2D eigenvalue weighted by Crippen LogP contribution is 2.50. The number of rotatable bonds is 1. The van der Waals surface area contributed by atoms with E-state index in [1.807, 2.05) is 22.3 Å². The van der Waals surface area contributed by atoms with Crippen LogP contribution in [0.3, 0.4) is 0 Å². The van der Waals surface area contributed by atoms with Crippen LogP contribution in [0.25, 0.3) is 0 Å². The van der Waals surface area contributed by atoms with Gasteiger partial charge in [0.25, 0.3) is 0 Å². The van der Waals surface area contributed by atoms with Crippen LogP contribution < -0.4 is 4.90 Å². The summed E-state index contributed by atoms with van der Waals surface area (Å²) in [7, 11) is 0. The summed E-state index contributed by atoms with van der Waals surface area (Å²) in [5.41, 5.74) is 3.76. The molecule has 1 saturated heterocycles. The Kier molecular flexibility index (Phi) is 3.80. The lowest BCUT2D eigenvalue weighted by Crippen LogP contribution is -2.36. The fourth-order valence-electron chi connectivity index (χ4n) is 4.76. The van der Waals surface area contributed by atoms with Crippen LogP contribution in [0.1, 0.15) is 42.3 Å². The van der Waals surface area contributed by atoms with E-state index in [0.717, 1.165) is 49.1 Å². The molecule has 0 N–H and O–H groups in total. The molecule has 2 aliphatic heterocycles. The van der Waals surface area contributed by atoms with E-state index in [-0.39, 0.29) is 11.3 Å². The van der Waals surface area contributed by atoms with Gasteiger partial charge in [-0.15, -0.1) is 11.3 Å². The first kappa shape index (κ1) is 16.6. The zero-order chi connectivity index (χ0) is 17.9. The molecule has 0 bridgehead atoms. The van der Waals surface area contributed by atoms with Crippen molar-refractivity contribution in [1.29, 1.82) is 0 Å². The average Bonchev–Trinajstić information content (AvgIpc) is 3.32. The third kappa shape index (κ3) is 2.48. The second-order valence-corrected chi connectivity index (χ2v) is 9.29. The standard InChI is InChI=1S/C20H22ClN3OS/c1-13(25)23-9-8-20(11-23)12-24(17-7-6-14(21)10-15(17)20)19-22-16-4-2-3-5-18(16)26-19/h6-7,10H,2-5,8-9,11-12H2,1H3. The molecule has 1 amide bonds. The summed E-state index contributed by atoms with van der Waals surface area (Å²) in [6.07, 6.45) is 5.79. The van der Waals surface area contributed by atoms with Crippen LogP contribution in [0.5, 0.6) is 0 Å². The minimum absolute atomic E-state index is 0.0297. The highest BCUT2D eigenvalue weighted by Gasteiger charge is 2.49. The molecule has 0 radical (unpaired) electrons. The molecule has 1 aliphatic carbocycles.